The number of thioether (sulfide) groups is 1. The molecule has 1 aromatic carbocycles. The number of amides is 4. The monoisotopic (exact) mass is 1020 g/mol. The minimum absolute atomic E-state index is 0.00399. The first-order chi connectivity index (χ1) is 32.8. The fourth-order valence-electron chi connectivity index (χ4n) is 10.3. The van der Waals surface area contributed by atoms with Crippen molar-refractivity contribution < 1.29 is 62.7 Å². The lowest BCUT2D eigenvalue weighted by Crippen LogP contribution is -2.63. The number of aliphatic hydroxyl groups is 2. The molecule has 17 nitrogen and oxygen atoms in total. The van der Waals surface area contributed by atoms with Crippen molar-refractivity contribution >= 4 is 64.6 Å². The van der Waals surface area contributed by atoms with Gasteiger partial charge in [-0.3, -0.25) is 29.4 Å². The molecule has 4 aliphatic heterocycles. The molecule has 19 heteroatoms. The van der Waals surface area contributed by atoms with Crippen LogP contribution in [0.4, 0.5) is 10.5 Å². The molecular formula is C51H73ClN4O13S. The lowest BCUT2D eigenvalue weighted by Gasteiger charge is -2.42. The van der Waals surface area contributed by atoms with Crippen molar-refractivity contribution in [3.63, 3.8) is 0 Å². The molecule has 3 N–H and O–H groups in total. The highest BCUT2D eigenvalue weighted by atomic mass is 35.5. The van der Waals surface area contributed by atoms with E-state index < -0.39 is 76.7 Å². The summed E-state index contributed by atoms with van der Waals surface area (Å²) in [4.78, 5) is 84.2. The number of Topliss-reactive ketones (excluding diaryl/α,β-unsaturated/α-hetero) is 1. The van der Waals surface area contributed by atoms with Crippen molar-refractivity contribution in [2.45, 2.75) is 160 Å². The van der Waals surface area contributed by atoms with E-state index in [1.807, 2.05) is 39.8 Å². The Morgan fingerprint density at radius 2 is 1.80 bits per heavy atom. The quantitative estimate of drug-likeness (QED) is 0.125. The molecule has 3 saturated heterocycles. The summed E-state index contributed by atoms with van der Waals surface area (Å²) >= 11 is 8.10. The number of benzene rings is 1. The number of esters is 1. The number of likely N-dealkylation sites (N-methyl/N-ethyl adjacent to an activating group) is 1. The van der Waals surface area contributed by atoms with Gasteiger partial charge in [-0.25, -0.2) is 9.59 Å². The summed E-state index contributed by atoms with van der Waals surface area (Å²) < 4.78 is 29.6. The zero-order valence-corrected chi connectivity index (χ0v) is 44.0. The number of hydrogen-bond donors (Lipinski definition) is 3. The van der Waals surface area contributed by atoms with Crippen molar-refractivity contribution in [2.24, 2.45) is 23.2 Å². The molecule has 0 aromatic heterocycles. The first-order valence-electron chi connectivity index (χ1n) is 24.3. The van der Waals surface area contributed by atoms with Crippen molar-refractivity contribution in [3.05, 3.63) is 46.5 Å². The molecule has 1 aliphatic carbocycles. The number of fused-ring (bicyclic) bond motifs is 5. The summed E-state index contributed by atoms with van der Waals surface area (Å²) in [7, 11) is 6.06. The van der Waals surface area contributed by atoms with Crippen LogP contribution >= 0.6 is 23.4 Å². The Kier molecular flexibility index (Phi) is 17.5. The van der Waals surface area contributed by atoms with Crippen LogP contribution in [-0.4, -0.2) is 149 Å². The molecule has 4 fully saturated rings. The number of carbonyl (C=O) groups is 6. The van der Waals surface area contributed by atoms with Crippen molar-refractivity contribution in [1.82, 2.24) is 15.1 Å². The van der Waals surface area contributed by atoms with E-state index in [0.717, 1.165) is 36.8 Å². The molecule has 1 aromatic rings. The number of epoxide rings is 1. The number of likely N-dealkylation sites (tertiary alicyclic amines) is 1. The van der Waals surface area contributed by atoms with Crippen molar-refractivity contribution in [3.8, 4) is 5.75 Å². The Morgan fingerprint density at radius 1 is 1.11 bits per heavy atom. The number of nitrogens with zero attached hydrogens (tertiary/aromatic N) is 3. The van der Waals surface area contributed by atoms with Crippen LogP contribution in [0.1, 0.15) is 105 Å². The van der Waals surface area contributed by atoms with Crippen LogP contribution in [0.2, 0.25) is 5.02 Å². The number of carbonyl (C=O) groups excluding carboxylic acids is 6. The van der Waals surface area contributed by atoms with Crippen LogP contribution in [-0.2, 0) is 49.3 Å². The van der Waals surface area contributed by atoms with Crippen molar-refractivity contribution in [2.75, 3.05) is 45.5 Å². The summed E-state index contributed by atoms with van der Waals surface area (Å²) in [5, 5.41) is 26.0. The van der Waals surface area contributed by atoms with Gasteiger partial charge in [-0.05, 0) is 76.5 Å². The van der Waals surface area contributed by atoms with Gasteiger partial charge in [0.15, 0.2) is 5.72 Å². The number of ether oxygens (including phenoxy) is 5. The number of alkyl carbamates (subject to hydrolysis) is 1. The molecule has 4 heterocycles. The number of nitrogens with one attached hydrogen (secondary N) is 1. The molecule has 388 valence electrons. The summed E-state index contributed by atoms with van der Waals surface area (Å²) in [5.74, 6) is -1.19. The van der Waals surface area contributed by atoms with E-state index in [9.17, 15) is 39.0 Å². The Morgan fingerprint density at radius 3 is 2.44 bits per heavy atom. The van der Waals surface area contributed by atoms with E-state index in [-0.39, 0.29) is 71.8 Å². The number of halogens is 1. The maximum Gasteiger partial charge on any atom is 0.409 e. The summed E-state index contributed by atoms with van der Waals surface area (Å²) in [6.07, 6.45) is 2.74. The summed E-state index contributed by atoms with van der Waals surface area (Å²) in [6, 6.07) is 2.55. The number of rotatable bonds is 12. The zero-order chi connectivity index (χ0) is 51.6. The van der Waals surface area contributed by atoms with E-state index in [4.69, 9.17) is 35.3 Å². The van der Waals surface area contributed by atoms with E-state index in [0.29, 0.717) is 24.4 Å². The topological polar surface area (TPSA) is 214 Å². The summed E-state index contributed by atoms with van der Waals surface area (Å²) in [6.45, 7) is 13.1. The van der Waals surface area contributed by atoms with Crippen LogP contribution in [0.5, 0.6) is 5.75 Å². The van der Waals surface area contributed by atoms with Crippen LogP contribution in [0, 0.1) is 23.2 Å². The van der Waals surface area contributed by atoms with E-state index in [1.54, 1.807) is 44.0 Å². The minimum Gasteiger partial charge on any atom is -0.495 e. The largest absolute Gasteiger partial charge is 0.495 e. The Bertz CT molecular complexity index is 2210. The van der Waals surface area contributed by atoms with E-state index in [1.165, 1.54) is 49.8 Å². The molecule has 6 rings (SSSR count). The van der Waals surface area contributed by atoms with Crippen LogP contribution in [0.3, 0.4) is 0 Å². The third kappa shape index (κ3) is 12.3. The normalized spacial score (nSPS) is 33.5. The number of imide groups is 1. The third-order valence-electron chi connectivity index (χ3n) is 14.9. The fourth-order valence-corrected chi connectivity index (χ4v) is 11.7. The van der Waals surface area contributed by atoms with E-state index in [2.05, 4.69) is 5.32 Å². The first-order valence-corrected chi connectivity index (χ1v) is 25.7. The third-order valence-corrected chi connectivity index (χ3v) is 16.5. The standard InChI is InChI=1S/C51H73ClN4O13S/c1-28-13-12-14-38(66-11)51(64)26-36(67-48(63)53-51)29(2)45-50(7,69-45)39(25-41(58)55(9)34-22-32(21-28)23-35(65-10)43(34)52)68-47(62)30(3)54(8)40(57)19-20-70-37-24-42(59)56(46(37)61)27-31-15-17-33(18-16-31)44(60)49(4,5)6/h12-14,22-23,29-31,33,36-39,41,45,58,64H,15-21,24-27H2,1-11H3,(H,53,63)/b14-12+,28-13+/t29-,30+,31-,33-,36+,37+,38-,39+,41?,45+,50+,51+/m1/s1. The predicted octanol–water partition coefficient (Wildman–Crippen LogP) is 5.98. The second-order valence-electron chi connectivity index (χ2n) is 21.1. The van der Waals surface area contributed by atoms with Gasteiger partial charge < -0.3 is 43.7 Å². The molecule has 4 bridgehead atoms. The molecule has 10 atom stereocenters. The molecule has 70 heavy (non-hydrogen) atoms. The average molecular weight is 1020 g/mol. The maximum absolute atomic E-state index is 14.1. The number of hydrogen-bond acceptors (Lipinski definition) is 15. The zero-order valence-electron chi connectivity index (χ0n) is 42.5. The van der Waals surface area contributed by atoms with Gasteiger partial charge in [0.1, 0.15) is 52.7 Å². The van der Waals surface area contributed by atoms with Gasteiger partial charge in [-0.2, -0.15) is 0 Å². The predicted molar refractivity (Wildman–Crippen MR) is 264 cm³/mol. The highest BCUT2D eigenvalue weighted by molar-refractivity contribution is 8.00. The smallest absolute Gasteiger partial charge is 0.409 e. The molecular weight excluding hydrogens is 944 g/mol. The molecule has 0 spiro atoms. The van der Waals surface area contributed by atoms with Gasteiger partial charge >= 0.3 is 12.1 Å². The highest BCUT2D eigenvalue weighted by Gasteiger charge is 2.64. The summed E-state index contributed by atoms with van der Waals surface area (Å²) in [5.41, 5.74) is -1.30. The molecule has 0 radical (unpaired) electrons. The number of ketones is 1. The van der Waals surface area contributed by atoms with Crippen molar-refractivity contribution in [1.29, 1.82) is 0 Å². The van der Waals surface area contributed by atoms with Gasteiger partial charge in [0.2, 0.25) is 17.7 Å². The van der Waals surface area contributed by atoms with Crippen LogP contribution < -0.4 is 15.0 Å². The number of allylic oxidation sites excluding steroid dienone is 3. The van der Waals surface area contributed by atoms with E-state index >= 15 is 0 Å². The molecule has 4 amide bonds. The lowest BCUT2D eigenvalue weighted by atomic mass is 9.73. The fraction of sp³-hybridized carbons (Fsp3) is 0.686. The minimum atomic E-state index is -1.86. The van der Waals surface area contributed by atoms with Gasteiger partial charge in [0, 0.05) is 76.4 Å². The van der Waals surface area contributed by atoms with Crippen LogP contribution in [0.25, 0.3) is 0 Å². The van der Waals surface area contributed by atoms with Gasteiger partial charge in [0.25, 0.3) is 0 Å². The Labute approximate surface area is 421 Å². The Balaban J connectivity index is 1.14. The SMILES string of the molecule is COc1cc2cc(c1Cl)N(C)C(O)C[C@H](OC(=O)[C@H](C)N(C)C(=O)CCS[C@H]1CC(=O)N(C[C@H]3CC[C@H](C(=O)C(C)(C)C)CC3)C1=O)[C@]1(C)O[C@H]1[C@H](C)[C@@H]1C[C@@](O)(NC(=O)O1)[C@H](OC)/C=C/C=C(\C)C2. The van der Waals surface area contributed by atoms with Crippen LogP contribution in [0.15, 0.2) is 35.9 Å². The second-order valence-corrected chi connectivity index (χ2v) is 22.8. The Hall–Kier alpha value is -4.20. The number of methoxy groups -OCH3 is 2. The molecule has 1 unspecified atom stereocenters. The van der Waals surface area contributed by atoms with Gasteiger partial charge in [0.05, 0.1) is 24.2 Å². The highest BCUT2D eigenvalue weighted by Crippen LogP contribution is 2.50. The number of aliphatic hydroxyl groups excluding tert-OH is 1. The van der Waals surface area contributed by atoms with Gasteiger partial charge in [-0.15, -0.1) is 11.8 Å². The lowest BCUT2D eigenvalue weighted by molar-refractivity contribution is -0.162. The molecule has 1 saturated carbocycles. The first kappa shape index (κ1) is 55.1. The second kappa shape index (κ2) is 22.3. The molecule has 5 aliphatic rings. The van der Waals surface area contributed by atoms with Gasteiger partial charge in [-0.1, -0.05) is 63.1 Å². The number of anilines is 1. The maximum atomic E-state index is 14.1. The average Bonchev–Trinajstić information content (AvgIpc) is 3.94.